The van der Waals surface area contributed by atoms with Gasteiger partial charge in [0.05, 0.1) is 5.56 Å². The highest BCUT2D eigenvalue weighted by atomic mass is 79.9. The molecule has 0 atom stereocenters. The van der Waals surface area contributed by atoms with Crippen molar-refractivity contribution < 1.29 is 4.79 Å². The highest BCUT2D eigenvalue weighted by molar-refractivity contribution is 9.10. The molecule has 3 nitrogen and oxygen atoms in total. The average molecular weight is 325 g/mol. The zero-order chi connectivity index (χ0) is 13.7. The number of amides is 1. The van der Waals surface area contributed by atoms with E-state index < -0.39 is 0 Å². The number of carbonyl (C=O) groups excluding carboxylic acids is 1. The molecular weight excluding hydrogens is 304 g/mol. The molecule has 0 unspecified atom stereocenters. The van der Waals surface area contributed by atoms with E-state index in [-0.39, 0.29) is 5.91 Å². The lowest BCUT2D eigenvalue weighted by Gasteiger charge is -2.14. The van der Waals surface area contributed by atoms with Crippen LogP contribution in [0.3, 0.4) is 0 Å². The molecule has 1 aliphatic heterocycles. The van der Waals surface area contributed by atoms with Crippen molar-refractivity contribution in [3.63, 3.8) is 0 Å². The lowest BCUT2D eigenvalue weighted by atomic mass is 10.1. The molecule has 1 fully saturated rings. The fourth-order valence-corrected chi connectivity index (χ4v) is 2.85. The monoisotopic (exact) mass is 324 g/mol. The molecule has 0 aromatic heterocycles. The van der Waals surface area contributed by atoms with Gasteiger partial charge < -0.3 is 10.2 Å². The molecule has 0 radical (unpaired) electrons. The van der Waals surface area contributed by atoms with Crippen molar-refractivity contribution in [2.75, 3.05) is 26.2 Å². The highest BCUT2D eigenvalue weighted by Crippen LogP contribution is 2.17. The van der Waals surface area contributed by atoms with Gasteiger partial charge in [-0.3, -0.25) is 4.79 Å². The predicted octanol–water partition coefficient (Wildman–Crippen LogP) is 2.97. The molecule has 4 heteroatoms. The molecule has 0 saturated carbocycles. The number of benzene rings is 1. The van der Waals surface area contributed by atoms with Crippen LogP contribution in [0.25, 0.3) is 0 Å². The van der Waals surface area contributed by atoms with Gasteiger partial charge in [-0.1, -0.05) is 11.6 Å². The Labute approximate surface area is 123 Å². The topological polar surface area (TPSA) is 32.3 Å². The van der Waals surface area contributed by atoms with Crippen LogP contribution in [0.5, 0.6) is 0 Å². The van der Waals surface area contributed by atoms with Gasteiger partial charge in [0.25, 0.3) is 5.91 Å². The van der Waals surface area contributed by atoms with Gasteiger partial charge in [0.2, 0.25) is 0 Å². The Balaban J connectivity index is 1.75. The molecule has 2 rings (SSSR count). The Hall–Kier alpha value is -0.870. The second-order valence-electron chi connectivity index (χ2n) is 5.14. The van der Waals surface area contributed by atoms with Crippen LogP contribution in [0.1, 0.15) is 35.2 Å². The van der Waals surface area contributed by atoms with Gasteiger partial charge in [0.15, 0.2) is 0 Å². The lowest BCUT2D eigenvalue weighted by Crippen LogP contribution is -2.28. The maximum atomic E-state index is 12.1. The SMILES string of the molecule is Cc1ccc(Br)c(C(=O)NCCCN2CCCC2)c1. The van der Waals surface area contributed by atoms with Crippen LogP contribution >= 0.6 is 15.9 Å². The molecule has 19 heavy (non-hydrogen) atoms. The number of rotatable bonds is 5. The summed E-state index contributed by atoms with van der Waals surface area (Å²) in [6.45, 7) is 6.27. The first-order valence-corrected chi connectivity index (χ1v) is 7.73. The second kappa shape index (κ2) is 7.06. The standard InChI is InChI=1S/C15H21BrN2O/c1-12-5-6-14(16)13(11-12)15(19)17-7-4-10-18-8-2-3-9-18/h5-6,11H,2-4,7-10H2,1H3,(H,17,19). The van der Waals surface area contributed by atoms with Gasteiger partial charge in [-0.05, 0) is 73.9 Å². The number of aryl methyl sites for hydroxylation is 1. The normalized spacial score (nSPS) is 15.7. The van der Waals surface area contributed by atoms with E-state index in [9.17, 15) is 4.79 Å². The molecule has 0 aliphatic carbocycles. The van der Waals surface area contributed by atoms with E-state index >= 15 is 0 Å². The molecule has 1 amide bonds. The smallest absolute Gasteiger partial charge is 0.252 e. The fourth-order valence-electron chi connectivity index (χ4n) is 2.42. The van der Waals surface area contributed by atoms with E-state index in [1.165, 1.54) is 25.9 Å². The van der Waals surface area contributed by atoms with Crippen molar-refractivity contribution in [1.29, 1.82) is 0 Å². The van der Waals surface area contributed by atoms with Crippen LogP contribution in [0.15, 0.2) is 22.7 Å². The van der Waals surface area contributed by atoms with Crippen molar-refractivity contribution in [3.8, 4) is 0 Å². The maximum Gasteiger partial charge on any atom is 0.252 e. The largest absolute Gasteiger partial charge is 0.352 e. The number of nitrogens with one attached hydrogen (secondary N) is 1. The first-order valence-electron chi connectivity index (χ1n) is 6.93. The summed E-state index contributed by atoms with van der Waals surface area (Å²) in [6.07, 6.45) is 3.67. The Kier molecular flexibility index (Phi) is 5.40. The van der Waals surface area contributed by atoms with Crippen LogP contribution in [0, 0.1) is 6.92 Å². The Bertz CT molecular complexity index is 442. The van der Waals surface area contributed by atoms with Crippen molar-refractivity contribution in [2.24, 2.45) is 0 Å². The lowest BCUT2D eigenvalue weighted by molar-refractivity contribution is 0.0951. The zero-order valence-corrected chi connectivity index (χ0v) is 13.0. The van der Waals surface area contributed by atoms with E-state index in [2.05, 4.69) is 26.1 Å². The summed E-state index contributed by atoms with van der Waals surface area (Å²) < 4.78 is 0.857. The van der Waals surface area contributed by atoms with E-state index in [0.717, 1.165) is 35.1 Å². The van der Waals surface area contributed by atoms with Crippen molar-refractivity contribution in [2.45, 2.75) is 26.2 Å². The molecule has 1 aromatic carbocycles. The minimum atomic E-state index is 0.0111. The maximum absolute atomic E-state index is 12.1. The summed E-state index contributed by atoms with van der Waals surface area (Å²) in [7, 11) is 0. The molecule has 104 valence electrons. The average Bonchev–Trinajstić information content (AvgIpc) is 2.90. The quantitative estimate of drug-likeness (QED) is 0.844. The Morgan fingerprint density at radius 1 is 1.37 bits per heavy atom. The van der Waals surface area contributed by atoms with Crippen LogP contribution in [0.4, 0.5) is 0 Å². The molecule has 0 spiro atoms. The van der Waals surface area contributed by atoms with E-state index in [4.69, 9.17) is 0 Å². The van der Waals surface area contributed by atoms with Gasteiger partial charge in [-0.15, -0.1) is 0 Å². The van der Waals surface area contributed by atoms with Gasteiger partial charge in [0, 0.05) is 11.0 Å². The third kappa shape index (κ3) is 4.32. The van der Waals surface area contributed by atoms with Gasteiger partial charge >= 0.3 is 0 Å². The number of likely N-dealkylation sites (tertiary alicyclic amines) is 1. The first-order chi connectivity index (χ1) is 9.16. The zero-order valence-electron chi connectivity index (χ0n) is 11.4. The summed E-state index contributed by atoms with van der Waals surface area (Å²) in [6, 6.07) is 5.84. The Morgan fingerprint density at radius 3 is 2.84 bits per heavy atom. The van der Waals surface area contributed by atoms with Crippen LogP contribution in [-0.4, -0.2) is 37.0 Å². The number of hydrogen-bond donors (Lipinski definition) is 1. The van der Waals surface area contributed by atoms with Crippen LogP contribution in [-0.2, 0) is 0 Å². The Morgan fingerprint density at radius 2 is 2.11 bits per heavy atom. The third-order valence-electron chi connectivity index (χ3n) is 3.50. The molecule has 1 aliphatic rings. The summed E-state index contributed by atoms with van der Waals surface area (Å²) in [5.74, 6) is 0.0111. The predicted molar refractivity (Wildman–Crippen MR) is 81.5 cm³/mol. The van der Waals surface area contributed by atoms with Crippen LogP contribution < -0.4 is 5.32 Å². The number of hydrogen-bond acceptors (Lipinski definition) is 2. The van der Waals surface area contributed by atoms with Gasteiger partial charge in [-0.2, -0.15) is 0 Å². The number of halogens is 1. The van der Waals surface area contributed by atoms with Gasteiger partial charge in [0.1, 0.15) is 0 Å². The third-order valence-corrected chi connectivity index (χ3v) is 4.19. The second-order valence-corrected chi connectivity index (χ2v) is 6.00. The first kappa shape index (κ1) is 14.5. The molecule has 1 N–H and O–H groups in total. The molecular formula is C15H21BrN2O. The minimum Gasteiger partial charge on any atom is -0.352 e. The van der Waals surface area contributed by atoms with Crippen molar-refractivity contribution in [3.05, 3.63) is 33.8 Å². The summed E-state index contributed by atoms with van der Waals surface area (Å²) in [5.41, 5.74) is 1.83. The molecule has 1 aromatic rings. The minimum absolute atomic E-state index is 0.0111. The van der Waals surface area contributed by atoms with E-state index in [1.807, 2.05) is 25.1 Å². The van der Waals surface area contributed by atoms with E-state index in [0.29, 0.717) is 0 Å². The summed E-state index contributed by atoms with van der Waals surface area (Å²) in [4.78, 5) is 14.5. The van der Waals surface area contributed by atoms with Crippen molar-refractivity contribution >= 4 is 21.8 Å². The van der Waals surface area contributed by atoms with Gasteiger partial charge in [-0.25, -0.2) is 0 Å². The van der Waals surface area contributed by atoms with Crippen molar-refractivity contribution in [1.82, 2.24) is 10.2 Å². The number of carbonyl (C=O) groups is 1. The fraction of sp³-hybridized carbons (Fsp3) is 0.533. The molecule has 0 bridgehead atoms. The summed E-state index contributed by atoms with van der Waals surface area (Å²) in [5, 5.41) is 3.00. The summed E-state index contributed by atoms with van der Waals surface area (Å²) >= 11 is 3.42. The molecule has 1 heterocycles. The van der Waals surface area contributed by atoms with Crippen LogP contribution in [0.2, 0.25) is 0 Å². The molecule has 1 saturated heterocycles. The van der Waals surface area contributed by atoms with E-state index in [1.54, 1.807) is 0 Å². The number of nitrogens with zero attached hydrogens (tertiary/aromatic N) is 1. The highest BCUT2D eigenvalue weighted by Gasteiger charge is 2.12.